The number of aryl methyl sites for hydroxylation is 1. The first-order valence-electron chi connectivity index (χ1n) is 5.33. The highest BCUT2D eigenvalue weighted by Gasteiger charge is 2.19. The summed E-state index contributed by atoms with van der Waals surface area (Å²) in [5.41, 5.74) is 1.06. The minimum atomic E-state index is -3.36. The van der Waals surface area contributed by atoms with Crippen LogP contribution in [0.15, 0.2) is 41.3 Å². The fourth-order valence-corrected chi connectivity index (χ4v) is 2.94. The number of hydrogen-bond donors (Lipinski definition) is 1. The summed E-state index contributed by atoms with van der Waals surface area (Å²) < 4.78 is 26.6. The van der Waals surface area contributed by atoms with Gasteiger partial charge in [0, 0.05) is 6.04 Å². The van der Waals surface area contributed by atoms with Crippen molar-refractivity contribution >= 4 is 10.0 Å². The second-order valence-electron chi connectivity index (χ2n) is 4.05. The van der Waals surface area contributed by atoms with Gasteiger partial charge in [-0.3, -0.25) is 0 Å². The Hall–Kier alpha value is -1.13. The van der Waals surface area contributed by atoms with E-state index < -0.39 is 10.0 Å². The van der Waals surface area contributed by atoms with E-state index in [1.165, 1.54) is 0 Å². The van der Waals surface area contributed by atoms with Crippen LogP contribution < -0.4 is 4.72 Å². The Labute approximate surface area is 96.2 Å². The predicted molar refractivity (Wildman–Crippen MR) is 63.7 cm³/mol. The molecule has 4 heteroatoms. The molecule has 1 N–H and O–H groups in total. The number of rotatable bonds is 3. The minimum Gasteiger partial charge on any atom is -0.207 e. The van der Waals surface area contributed by atoms with Gasteiger partial charge < -0.3 is 0 Å². The van der Waals surface area contributed by atoms with E-state index in [-0.39, 0.29) is 6.04 Å². The summed E-state index contributed by atoms with van der Waals surface area (Å²) in [6.45, 7) is 1.93. The van der Waals surface area contributed by atoms with Gasteiger partial charge in [0.2, 0.25) is 10.0 Å². The van der Waals surface area contributed by atoms with Gasteiger partial charge in [0.15, 0.2) is 0 Å². The van der Waals surface area contributed by atoms with Crippen molar-refractivity contribution in [3.63, 3.8) is 0 Å². The lowest BCUT2D eigenvalue weighted by Crippen LogP contribution is -2.32. The number of allylic oxidation sites excluding steroid dienone is 1. The molecule has 0 saturated heterocycles. The minimum absolute atomic E-state index is 0.0497. The van der Waals surface area contributed by atoms with Crippen LogP contribution >= 0.6 is 0 Å². The summed E-state index contributed by atoms with van der Waals surface area (Å²) in [6.07, 6.45) is 5.71. The Morgan fingerprint density at radius 2 is 1.94 bits per heavy atom. The number of hydrogen-bond acceptors (Lipinski definition) is 2. The molecule has 0 fully saturated rings. The first-order valence-corrected chi connectivity index (χ1v) is 6.82. The highest BCUT2D eigenvalue weighted by Crippen LogP contribution is 2.15. The third-order valence-corrected chi connectivity index (χ3v) is 4.16. The topological polar surface area (TPSA) is 46.2 Å². The van der Waals surface area contributed by atoms with Crippen molar-refractivity contribution in [2.75, 3.05) is 0 Å². The van der Waals surface area contributed by atoms with Crippen LogP contribution in [0.25, 0.3) is 0 Å². The lowest BCUT2D eigenvalue weighted by atomic mass is 10.2. The largest absolute Gasteiger partial charge is 0.241 e. The third-order valence-electron chi connectivity index (χ3n) is 2.65. The van der Waals surface area contributed by atoms with Gasteiger partial charge in [0.1, 0.15) is 0 Å². The Balaban J connectivity index is 2.18. The van der Waals surface area contributed by atoms with Crippen LogP contribution in [0.3, 0.4) is 0 Å². The van der Waals surface area contributed by atoms with E-state index in [1.54, 1.807) is 24.3 Å². The molecule has 0 spiro atoms. The van der Waals surface area contributed by atoms with Gasteiger partial charge in [0.05, 0.1) is 4.90 Å². The van der Waals surface area contributed by atoms with Gasteiger partial charge in [-0.2, -0.15) is 0 Å². The molecule has 1 atom stereocenters. The fourth-order valence-electron chi connectivity index (χ4n) is 1.72. The summed E-state index contributed by atoms with van der Waals surface area (Å²) >= 11 is 0. The van der Waals surface area contributed by atoms with Gasteiger partial charge in [-0.1, -0.05) is 29.8 Å². The first-order chi connectivity index (χ1) is 7.58. The Morgan fingerprint density at radius 1 is 1.25 bits per heavy atom. The number of benzene rings is 1. The van der Waals surface area contributed by atoms with E-state index in [9.17, 15) is 8.42 Å². The summed E-state index contributed by atoms with van der Waals surface area (Å²) in [6, 6.07) is 6.83. The van der Waals surface area contributed by atoms with E-state index in [1.807, 2.05) is 19.1 Å². The van der Waals surface area contributed by atoms with Crippen molar-refractivity contribution in [3.8, 4) is 0 Å². The zero-order chi connectivity index (χ0) is 11.6. The van der Waals surface area contributed by atoms with Gasteiger partial charge >= 0.3 is 0 Å². The van der Waals surface area contributed by atoms with Crippen LogP contribution in [0.5, 0.6) is 0 Å². The summed E-state index contributed by atoms with van der Waals surface area (Å²) in [4.78, 5) is 0.332. The molecule has 3 nitrogen and oxygen atoms in total. The lowest BCUT2D eigenvalue weighted by molar-refractivity contribution is 0.568. The van der Waals surface area contributed by atoms with Crippen molar-refractivity contribution in [1.29, 1.82) is 0 Å². The van der Waals surface area contributed by atoms with Crippen LogP contribution in [-0.2, 0) is 10.0 Å². The number of sulfonamides is 1. The average Bonchev–Trinajstić information content (AvgIpc) is 2.70. The Bertz CT molecular complexity index is 488. The SMILES string of the molecule is Cc1ccc(S(=O)(=O)N[C@H]2C=CCC2)cc1. The first kappa shape index (κ1) is 11.4. The molecule has 0 radical (unpaired) electrons. The van der Waals surface area contributed by atoms with Crippen molar-refractivity contribution in [1.82, 2.24) is 4.72 Å². The molecule has 1 aliphatic rings. The van der Waals surface area contributed by atoms with Crippen LogP contribution in [-0.4, -0.2) is 14.5 Å². The van der Waals surface area contributed by atoms with Gasteiger partial charge in [-0.05, 0) is 31.9 Å². The molecule has 0 bridgehead atoms. The lowest BCUT2D eigenvalue weighted by Gasteiger charge is -2.11. The summed E-state index contributed by atoms with van der Waals surface area (Å²) in [5, 5.41) is 0. The molecule has 1 aromatic rings. The van der Waals surface area contributed by atoms with E-state index in [2.05, 4.69) is 4.72 Å². The standard InChI is InChI=1S/C12H15NO2S/c1-10-6-8-12(9-7-10)16(14,15)13-11-4-2-3-5-11/h2,4,6-9,11,13H,3,5H2,1H3/t11-/m0/s1. The van der Waals surface area contributed by atoms with Crippen molar-refractivity contribution in [2.24, 2.45) is 0 Å². The molecule has 0 aliphatic heterocycles. The van der Waals surface area contributed by atoms with Crippen molar-refractivity contribution in [2.45, 2.75) is 30.7 Å². The van der Waals surface area contributed by atoms with Crippen molar-refractivity contribution in [3.05, 3.63) is 42.0 Å². The molecule has 0 aromatic heterocycles. The van der Waals surface area contributed by atoms with Crippen LogP contribution in [0.1, 0.15) is 18.4 Å². The highest BCUT2D eigenvalue weighted by molar-refractivity contribution is 7.89. The van der Waals surface area contributed by atoms with Crippen LogP contribution in [0, 0.1) is 6.92 Å². The molecule has 1 aliphatic carbocycles. The highest BCUT2D eigenvalue weighted by atomic mass is 32.2. The van der Waals surface area contributed by atoms with E-state index in [4.69, 9.17) is 0 Å². The second kappa shape index (κ2) is 4.39. The molecule has 0 heterocycles. The Kier molecular flexibility index (Phi) is 3.12. The Morgan fingerprint density at radius 3 is 2.50 bits per heavy atom. The third kappa shape index (κ3) is 2.51. The molecule has 16 heavy (non-hydrogen) atoms. The average molecular weight is 237 g/mol. The fraction of sp³-hybridized carbons (Fsp3) is 0.333. The molecule has 86 valence electrons. The van der Waals surface area contributed by atoms with E-state index in [0.717, 1.165) is 18.4 Å². The molecule has 0 saturated carbocycles. The molecule has 2 rings (SSSR count). The smallest absolute Gasteiger partial charge is 0.207 e. The zero-order valence-corrected chi connectivity index (χ0v) is 10.00. The van der Waals surface area contributed by atoms with Crippen molar-refractivity contribution < 1.29 is 8.42 Å². The molecular formula is C12H15NO2S. The maximum atomic E-state index is 12.0. The number of nitrogens with one attached hydrogen (secondary N) is 1. The quantitative estimate of drug-likeness (QED) is 0.817. The monoisotopic (exact) mass is 237 g/mol. The van der Waals surface area contributed by atoms with Gasteiger partial charge in [0.25, 0.3) is 0 Å². The summed E-state index contributed by atoms with van der Waals surface area (Å²) in [7, 11) is -3.36. The molecule has 1 aromatic carbocycles. The summed E-state index contributed by atoms with van der Waals surface area (Å²) in [5.74, 6) is 0. The maximum absolute atomic E-state index is 12.0. The molecule has 0 unspecified atom stereocenters. The normalized spacial score (nSPS) is 20.2. The maximum Gasteiger partial charge on any atom is 0.241 e. The second-order valence-corrected chi connectivity index (χ2v) is 5.76. The molecular weight excluding hydrogens is 222 g/mol. The van der Waals surface area contributed by atoms with Crippen LogP contribution in [0.4, 0.5) is 0 Å². The van der Waals surface area contributed by atoms with Gasteiger partial charge in [-0.25, -0.2) is 13.1 Å². The molecule has 0 amide bonds. The predicted octanol–water partition coefficient (Wildman–Crippen LogP) is 1.99. The van der Waals surface area contributed by atoms with Gasteiger partial charge in [-0.15, -0.1) is 0 Å². The zero-order valence-electron chi connectivity index (χ0n) is 9.18. The van der Waals surface area contributed by atoms with E-state index >= 15 is 0 Å². The van der Waals surface area contributed by atoms with E-state index in [0.29, 0.717) is 4.90 Å². The van der Waals surface area contributed by atoms with Crippen LogP contribution in [0.2, 0.25) is 0 Å².